The number of rotatable bonds is 4. The van der Waals surface area contributed by atoms with Gasteiger partial charge in [-0.05, 0) is 48.0 Å². The van der Waals surface area contributed by atoms with Crippen LogP contribution in [0.5, 0.6) is 0 Å². The van der Waals surface area contributed by atoms with Crippen LogP contribution < -0.4 is 4.90 Å². The number of benzene rings is 3. The molecule has 0 saturated heterocycles. The first-order valence-electron chi connectivity index (χ1n) is 6.96. The van der Waals surface area contributed by atoms with Crippen molar-refractivity contribution in [1.82, 2.24) is 0 Å². The molecule has 0 atom stereocenters. The highest BCUT2D eigenvalue weighted by atomic mass is 35.5. The van der Waals surface area contributed by atoms with Crippen LogP contribution in [-0.2, 0) is 0 Å². The molecule has 0 aliphatic carbocycles. The predicted molar refractivity (Wildman–Crippen MR) is 91.3 cm³/mol. The number of hydrogen-bond acceptors (Lipinski definition) is 2. The van der Waals surface area contributed by atoms with Gasteiger partial charge in [0, 0.05) is 11.4 Å². The van der Waals surface area contributed by atoms with Gasteiger partial charge in [0.25, 0.3) is 5.24 Å². The number of nitrogens with zero attached hydrogens (tertiary/aromatic N) is 1. The summed E-state index contributed by atoms with van der Waals surface area (Å²) in [5.74, 6) is 0. The largest absolute Gasteiger partial charge is 0.310 e. The molecule has 0 fully saturated rings. The second-order valence-corrected chi connectivity index (χ2v) is 5.14. The molecule has 0 N–H and O–H groups in total. The summed E-state index contributed by atoms with van der Waals surface area (Å²) < 4.78 is 0. The van der Waals surface area contributed by atoms with Gasteiger partial charge in [0.15, 0.2) is 0 Å². The van der Waals surface area contributed by atoms with Gasteiger partial charge in [-0.25, -0.2) is 0 Å². The third kappa shape index (κ3) is 2.87. The minimum Gasteiger partial charge on any atom is -0.310 e. The molecule has 0 amide bonds. The van der Waals surface area contributed by atoms with Crippen molar-refractivity contribution in [3.63, 3.8) is 0 Å². The molecule has 0 spiro atoms. The standard InChI is InChI=1S/C19H14ClNO/c20-19(22)17-13-7-8-14-18(17)21(15-9-3-1-4-10-15)16-11-5-2-6-12-16/h1-14H. The lowest BCUT2D eigenvalue weighted by Gasteiger charge is -2.26. The van der Waals surface area contributed by atoms with Crippen LogP contribution in [0.3, 0.4) is 0 Å². The van der Waals surface area contributed by atoms with Gasteiger partial charge in [0.05, 0.1) is 11.3 Å². The highest BCUT2D eigenvalue weighted by Gasteiger charge is 2.17. The third-order valence-corrected chi connectivity index (χ3v) is 3.59. The lowest BCUT2D eigenvalue weighted by atomic mass is 10.1. The van der Waals surface area contributed by atoms with Crippen LogP contribution in [0.1, 0.15) is 10.4 Å². The predicted octanol–water partition coefficient (Wildman–Crippen LogP) is 5.54. The number of hydrogen-bond donors (Lipinski definition) is 0. The number of carbonyl (C=O) groups is 1. The van der Waals surface area contributed by atoms with Crippen LogP contribution >= 0.6 is 11.6 Å². The zero-order chi connectivity index (χ0) is 15.4. The summed E-state index contributed by atoms with van der Waals surface area (Å²) in [6.07, 6.45) is 0. The lowest BCUT2D eigenvalue weighted by Crippen LogP contribution is -2.12. The van der Waals surface area contributed by atoms with E-state index in [2.05, 4.69) is 0 Å². The van der Waals surface area contributed by atoms with Crippen molar-refractivity contribution in [3.8, 4) is 0 Å². The summed E-state index contributed by atoms with van der Waals surface area (Å²) in [5, 5.41) is -0.465. The van der Waals surface area contributed by atoms with Crippen molar-refractivity contribution in [2.75, 3.05) is 4.90 Å². The molecule has 0 heterocycles. The van der Waals surface area contributed by atoms with E-state index >= 15 is 0 Å². The molecule has 0 aromatic heterocycles. The zero-order valence-corrected chi connectivity index (χ0v) is 12.6. The molecule has 3 aromatic carbocycles. The Balaban J connectivity index is 2.21. The van der Waals surface area contributed by atoms with Crippen molar-refractivity contribution in [2.45, 2.75) is 0 Å². The number of carbonyl (C=O) groups excluding carboxylic acids is 1. The Kier molecular flexibility index (Phi) is 4.22. The first-order valence-corrected chi connectivity index (χ1v) is 7.34. The summed E-state index contributed by atoms with van der Waals surface area (Å²) in [6, 6.07) is 27.2. The zero-order valence-electron chi connectivity index (χ0n) is 11.8. The molecule has 3 heteroatoms. The fourth-order valence-electron chi connectivity index (χ4n) is 2.42. The Bertz CT molecular complexity index is 732. The third-order valence-electron chi connectivity index (χ3n) is 3.39. The minimum absolute atomic E-state index is 0.465. The van der Waals surface area contributed by atoms with Crippen molar-refractivity contribution in [3.05, 3.63) is 90.5 Å². The Morgan fingerprint density at radius 3 is 1.64 bits per heavy atom. The SMILES string of the molecule is O=C(Cl)c1ccccc1N(c1ccccc1)c1ccccc1. The van der Waals surface area contributed by atoms with E-state index in [1.54, 1.807) is 6.07 Å². The maximum absolute atomic E-state index is 11.8. The second-order valence-electron chi connectivity index (χ2n) is 4.80. The number of anilines is 3. The van der Waals surface area contributed by atoms with Gasteiger partial charge in [-0.3, -0.25) is 4.79 Å². The minimum atomic E-state index is -0.465. The van der Waals surface area contributed by atoms with Crippen LogP contribution in [0, 0.1) is 0 Å². The molecule has 0 aliphatic heterocycles. The molecule has 0 unspecified atom stereocenters. The summed E-state index contributed by atoms with van der Waals surface area (Å²) in [4.78, 5) is 13.8. The molecular weight excluding hydrogens is 294 g/mol. The average Bonchev–Trinajstić information content (AvgIpc) is 2.57. The van der Waals surface area contributed by atoms with E-state index in [9.17, 15) is 4.79 Å². The van der Waals surface area contributed by atoms with Crippen LogP contribution in [0.2, 0.25) is 0 Å². The Morgan fingerprint density at radius 1 is 0.682 bits per heavy atom. The Hall–Kier alpha value is -2.58. The monoisotopic (exact) mass is 307 g/mol. The molecule has 0 saturated carbocycles. The lowest BCUT2D eigenvalue weighted by molar-refractivity contribution is 0.108. The molecular formula is C19H14ClNO. The maximum Gasteiger partial charge on any atom is 0.254 e. The molecule has 108 valence electrons. The van der Waals surface area contributed by atoms with E-state index in [0.29, 0.717) is 5.56 Å². The first kappa shape index (κ1) is 14.4. The van der Waals surface area contributed by atoms with Gasteiger partial charge in [-0.2, -0.15) is 0 Å². The van der Waals surface area contributed by atoms with E-state index in [0.717, 1.165) is 17.1 Å². The van der Waals surface area contributed by atoms with Crippen LogP contribution in [-0.4, -0.2) is 5.24 Å². The topological polar surface area (TPSA) is 20.3 Å². The highest BCUT2D eigenvalue weighted by molar-refractivity contribution is 6.68. The normalized spacial score (nSPS) is 10.2. The first-order chi connectivity index (χ1) is 10.8. The van der Waals surface area contributed by atoms with Gasteiger partial charge < -0.3 is 4.90 Å². The van der Waals surface area contributed by atoms with Crippen molar-refractivity contribution < 1.29 is 4.79 Å². The smallest absolute Gasteiger partial charge is 0.254 e. The van der Waals surface area contributed by atoms with Crippen molar-refractivity contribution >= 4 is 33.9 Å². The van der Waals surface area contributed by atoms with Crippen molar-refractivity contribution in [1.29, 1.82) is 0 Å². The molecule has 0 radical (unpaired) electrons. The molecule has 0 bridgehead atoms. The van der Waals surface area contributed by atoms with Crippen molar-refractivity contribution in [2.24, 2.45) is 0 Å². The van der Waals surface area contributed by atoms with Gasteiger partial charge in [-0.1, -0.05) is 48.5 Å². The van der Waals surface area contributed by atoms with Gasteiger partial charge in [-0.15, -0.1) is 0 Å². The molecule has 3 aromatic rings. The van der Waals surface area contributed by atoms with E-state index in [4.69, 9.17) is 11.6 Å². The number of para-hydroxylation sites is 3. The van der Waals surface area contributed by atoms with E-state index in [1.807, 2.05) is 83.8 Å². The fourth-order valence-corrected chi connectivity index (χ4v) is 2.58. The van der Waals surface area contributed by atoms with Crippen LogP contribution in [0.15, 0.2) is 84.9 Å². The molecule has 0 aliphatic rings. The quantitative estimate of drug-likeness (QED) is 0.590. The summed E-state index contributed by atoms with van der Waals surface area (Å²) in [7, 11) is 0. The number of halogens is 1. The summed E-state index contributed by atoms with van der Waals surface area (Å²) in [6.45, 7) is 0. The highest BCUT2D eigenvalue weighted by Crippen LogP contribution is 2.36. The summed E-state index contributed by atoms with van der Waals surface area (Å²) in [5.41, 5.74) is 3.19. The molecule has 3 rings (SSSR count). The molecule has 22 heavy (non-hydrogen) atoms. The second kappa shape index (κ2) is 6.46. The maximum atomic E-state index is 11.8. The van der Waals surface area contributed by atoms with Crippen LogP contribution in [0.25, 0.3) is 0 Å². The van der Waals surface area contributed by atoms with E-state index in [1.165, 1.54) is 0 Å². The summed E-state index contributed by atoms with van der Waals surface area (Å²) >= 11 is 5.76. The Morgan fingerprint density at radius 2 is 1.14 bits per heavy atom. The molecule has 2 nitrogen and oxygen atoms in total. The van der Waals surface area contributed by atoms with E-state index in [-0.39, 0.29) is 0 Å². The average molecular weight is 308 g/mol. The van der Waals surface area contributed by atoms with Gasteiger partial charge in [0.1, 0.15) is 0 Å². The van der Waals surface area contributed by atoms with Gasteiger partial charge >= 0.3 is 0 Å². The van der Waals surface area contributed by atoms with Gasteiger partial charge in [0.2, 0.25) is 0 Å². The Labute approximate surface area is 134 Å². The fraction of sp³-hybridized carbons (Fsp3) is 0. The van der Waals surface area contributed by atoms with E-state index < -0.39 is 5.24 Å². The van der Waals surface area contributed by atoms with Crippen LogP contribution in [0.4, 0.5) is 17.1 Å².